The molecule has 0 atom stereocenters. The number of methoxy groups -OCH3 is 1. The summed E-state index contributed by atoms with van der Waals surface area (Å²) >= 11 is 0. The number of amides is 1. The lowest BCUT2D eigenvalue weighted by Gasteiger charge is -2.19. The van der Waals surface area contributed by atoms with E-state index in [-0.39, 0.29) is 12.5 Å². The quantitative estimate of drug-likeness (QED) is 0.736. The van der Waals surface area contributed by atoms with E-state index >= 15 is 0 Å². The summed E-state index contributed by atoms with van der Waals surface area (Å²) in [6.45, 7) is -0.0951. The predicted octanol–water partition coefficient (Wildman–Crippen LogP) is 3.63. The van der Waals surface area contributed by atoms with Crippen molar-refractivity contribution >= 4 is 11.6 Å². The highest BCUT2D eigenvalue weighted by molar-refractivity contribution is 5.91. The second-order valence-corrected chi connectivity index (χ2v) is 6.92. The third-order valence-corrected chi connectivity index (χ3v) is 5.06. The van der Waals surface area contributed by atoms with E-state index in [0.29, 0.717) is 5.76 Å². The Kier molecular flexibility index (Phi) is 5.02. The number of aryl methyl sites for hydroxylation is 1. The predicted molar refractivity (Wildman–Crippen MR) is 107 cm³/mol. The Hall–Kier alpha value is -3.28. The third kappa shape index (κ3) is 3.71. The molecular weight excluding hydrogens is 356 g/mol. The van der Waals surface area contributed by atoms with Gasteiger partial charge < -0.3 is 14.5 Å². The minimum absolute atomic E-state index is 0.0951. The molecular formula is C22H22N2O4. The number of oxazole rings is 1. The summed E-state index contributed by atoms with van der Waals surface area (Å²) in [7, 11) is 1.59. The largest absolute Gasteiger partial charge is 0.497 e. The molecule has 4 rings (SSSR count). The van der Waals surface area contributed by atoms with Crippen LogP contribution in [-0.4, -0.2) is 17.6 Å². The monoisotopic (exact) mass is 378 g/mol. The summed E-state index contributed by atoms with van der Waals surface area (Å²) in [4.78, 5) is 24.7. The van der Waals surface area contributed by atoms with Gasteiger partial charge in [0.05, 0.1) is 13.3 Å². The van der Waals surface area contributed by atoms with Crippen LogP contribution in [0.1, 0.15) is 24.0 Å². The molecule has 0 radical (unpaired) electrons. The number of carbonyl (C=O) groups excluding carboxylic acids is 1. The second-order valence-electron chi connectivity index (χ2n) is 6.92. The van der Waals surface area contributed by atoms with Gasteiger partial charge >= 0.3 is 5.76 Å². The topological polar surface area (TPSA) is 73.5 Å². The number of aromatic nitrogens is 1. The molecule has 1 amide bonds. The molecule has 1 N–H and O–H groups in total. The molecule has 1 aliphatic carbocycles. The molecule has 6 heteroatoms. The third-order valence-electron chi connectivity index (χ3n) is 5.06. The van der Waals surface area contributed by atoms with Crippen molar-refractivity contribution in [1.29, 1.82) is 0 Å². The van der Waals surface area contributed by atoms with Crippen molar-refractivity contribution in [2.45, 2.75) is 32.2 Å². The van der Waals surface area contributed by atoms with Gasteiger partial charge in [-0.15, -0.1) is 0 Å². The number of benzene rings is 2. The highest BCUT2D eigenvalue weighted by Gasteiger charge is 2.16. The first kappa shape index (κ1) is 18.1. The first-order valence-corrected chi connectivity index (χ1v) is 9.39. The maximum Gasteiger partial charge on any atom is 0.419 e. The fourth-order valence-electron chi connectivity index (χ4n) is 3.62. The van der Waals surface area contributed by atoms with Crippen LogP contribution in [0.2, 0.25) is 0 Å². The number of anilines is 1. The van der Waals surface area contributed by atoms with Gasteiger partial charge in [0.15, 0.2) is 5.76 Å². The number of ether oxygens (including phenoxy) is 1. The van der Waals surface area contributed by atoms with Crippen LogP contribution >= 0.6 is 0 Å². The Morgan fingerprint density at radius 2 is 1.93 bits per heavy atom. The van der Waals surface area contributed by atoms with Gasteiger partial charge in [-0.25, -0.2) is 4.79 Å². The SMILES string of the molecule is COc1ccc(-c2cn(CC(=O)Nc3cccc4c3CCCC4)c(=O)o2)cc1. The zero-order chi connectivity index (χ0) is 19.5. The number of fused-ring (bicyclic) bond motifs is 1. The highest BCUT2D eigenvalue weighted by Crippen LogP contribution is 2.28. The number of nitrogens with one attached hydrogen (secondary N) is 1. The molecule has 0 spiro atoms. The average Bonchev–Trinajstić information content (AvgIpc) is 3.08. The van der Waals surface area contributed by atoms with Crippen molar-refractivity contribution in [3.05, 3.63) is 70.3 Å². The molecule has 144 valence electrons. The van der Waals surface area contributed by atoms with Gasteiger partial charge in [-0.1, -0.05) is 12.1 Å². The van der Waals surface area contributed by atoms with E-state index in [0.717, 1.165) is 36.3 Å². The maximum atomic E-state index is 12.5. The van der Waals surface area contributed by atoms with E-state index in [1.54, 1.807) is 37.6 Å². The summed E-state index contributed by atoms with van der Waals surface area (Å²) < 4.78 is 11.7. The van der Waals surface area contributed by atoms with Crippen LogP contribution in [0.4, 0.5) is 5.69 Å². The molecule has 2 aromatic carbocycles. The van der Waals surface area contributed by atoms with Gasteiger partial charge in [0.1, 0.15) is 12.3 Å². The fraction of sp³-hybridized carbons (Fsp3) is 0.273. The van der Waals surface area contributed by atoms with Crippen LogP contribution in [0.5, 0.6) is 5.75 Å². The molecule has 6 nitrogen and oxygen atoms in total. The minimum Gasteiger partial charge on any atom is -0.497 e. The lowest BCUT2D eigenvalue weighted by Crippen LogP contribution is -2.25. The lowest BCUT2D eigenvalue weighted by atomic mass is 9.90. The highest BCUT2D eigenvalue weighted by atomic mass is 16.5. The van der Waals surface area contributed by atoms with E-state index in [1.165, 1.54) is 22.1 Å². The smallest absolute Gasteiger partial charge is 0.419 e. The number of hydrogen-bond acceptors (Lipinski definition) is 4. The summed E-state index contributed by atoms with van der Waals surface area (Å²) in [6, 6.07) is 13.2. The lowest BCUT2D eigenvalue weighted by molar-refractivity contribution is -0.116. The molecule has 1 aromatic heterocycles. The fourth-order valence-corrected chi connectivity index (χ4v) is 3.62. The zero-order valence-electron chi connectivity index (χ0n) is 15.7. The molecule has 1 aliphatic rings. The summed E-state index contributed by atoms with van der Waals surface area (Å²) in [5.74, 6) is 0.327. The second kappa shape index (κ2) is 7.76. The summed E-state index contributed by atoms with van der Waals surface area (Å²) in [5.41, 5.74) is 4.09. The van der Waals surface area contributed by atoms with Gasteiger partial charge in [0.25, 0.3) is 0 Å². The molecule has 3 aromatic rings. The Labute approximate surface area is 162 Å². The first-order chi connectivity index (χ1) is 13.6. The van der Waals surface area contributed by atoms with Crippen molar-refractivity contribution in [2.24, 2.45) is 0 Å². The van der Waals surface area contributed by atoms with Gasteiger partial charge in [-0.3, -0.25) is 9.36 Å². The van der Waals surface area contributed by atoms with E-state index < -0.39 is 5.76 Å². The van der Waals surface area contributed by atoms with Crippen molar-refractivity contribution < 1.29 is 13.9 Å². The van der Waals surface area contributed by atoms with Crippen LogP contribution in [0.15, 0.2) is 57.9 Å². The van der Waals surface area contributed by atoms with Crippen LogP contribution in [0.3, 0.4) is 0 Å². The van der Waals surface area contributed by atoms with Gasteiger partial charge in [0, 0.05) is 11.3 Å². The molecule has 0 saturated heterocycles. The molecule has 28 heavy (non-hydrogen) atoms. The zero-order valence-corrected chi connectivity index (χ0v) is 15.7. The van der Waals surface area contributed by atoms with E-state index in [1.807, 2.05) is 12.1 Å². The van der Waals surface area contributed by atoms with Crippen LogP contribution < -0.4 is 15.8 Å². The molecule has 0 aliphatic heterocycles. The van der Waals surface area contributed by atoms with Crippen LogP contribution in [0, 0.1) is 0 Å². The minimum atomic E-state index is -0.559. The van der Waals surface area contributed by atoms with Crippen LogP contribution in [-0.2, 0) is 24.2 Å². The van der Waals surface area contributed by atoms with E-state index in [4.69, 9.17) is 9.15 Å². The van der Waals surface area contributed by atoms with Crippen molar-refractivity contribution in [3.8, 4) is 17.1 Å². The average molecular weight is 378 g/mol. The number of rotatable bonds is 5. The van der Waals surface area contributed by atoms with E-state index in [2.05, 4.69) is 11.4 Å². The van der Waals surface area contributed by atoms with Gasteiger partial charge in [-0.2, -0.15) is 0 Å². The first-order valence-electron chi connectivity index (χ1n) is 9.39. The number of carbonyl (C=O) groups is 1. The maximum absolute atomic E-state index is 12.5. The molecule has 0 saturated carbocycles. The van der Waals surface area contributed by atoms with Gasteiger partial charge in [-0.05, 0) is 67.1 Å². The Balaban J connectivity index is 1.49. The van der Waals surface area contributed by atoms with Crippen molar-refractivity contribution in [3.63, 3.8) is 0 Å². The normalized spacial score (nSPS) is 13.0. The molecule has 0 bridgehead atoms. The standard InChI is InChI=1S/C22H22N2O4/c1-27-17-11-9-16(10-12-17)20-13-24(22(26)28-20)14-21(25)23-19-8-4-6-15-5-2-3-7-18(15)19/h4,6,8-13H,2-3,5,7,14H2,1H3,(H,23,25). The van der Waals surface area contributed by atoms with Crippen LogP contribution in [0.25, 0.3) is 11.3 Å². The Morgan fingerprint density at radius 3 is 2.71 bits per heavy atom. The van der Waals surface area contributed by atoms with E-state index in [9.17, 15) is 9.59 Å². The molecule has 1 heterocycles. The summed E-state index contributed by atoms with van der Waals surface area (Å²) in [5, 5.41) is 2.95. The molecule has 0 unspecified atom stereocenters. The Bertz CT molecular complexity index is 1050. The molecule has 0 fully saturated rings. The number of hydrogen-bond donors (Lipinski definition) is 1. The number of nitrogens with zero attached hydrogens (tertiary/aromatic N) is 1. The summed E-state index contributed by atoms with van der Waals surface area (Å²) in [6.07, 6.45) is 5.89. The Morgan fingerprint density at radius 1 is 1.14 bits per heavy atom. The van der Waals surface area contributed by atoms with Crippen molar-refractivity contribution in [2.75, 3.05) is 12.4 Å². The van der Waals surface area contributed by atoms with Crippen molar-refractivity contribution in [1.82, 2.24) is 4.57 Å². The van der Waals surface area contributed by atoms with Gasteiger partial charge in [0.2, 0.25) is 5.91 Å².